The monoisotopic (exact) mass is 305 g/mol. The van der Waals surface area contributed by atoms with E-state index >= 15 is 0 Å². The summed E-state index contributed by atoms with van der Waals surface area (Å²) < 4.78 is 0. The van der Waals surface area contributed by atoms with Crippen LogP contribution in [-0.2, 0) is 0 Å². The molecule has 0 spiro atoms. The Kier molecular flexibility index (Phi) is 3.25. The van der Waals surface area contributed by atoms with Crippen LogP contribution in [0, 0.1) is 0 Å². The van der Waals surface area contributed by atoms with Crippen LogP contribution in [0.15, 0.2) is 72.1 Å². The summed E-state index contributed by atoms with van der Waals surface area (Å²) in [5.74, 6) is 0.706. The van der Waals surface area contributed by atoms with E-state index in [1.807, 2.05) is 48.5 Å². The molecule has 0 fully saturated rings. The molecule has 0 unspecified atom stereocenters. The van der Waals surface area contributed by atoms with Crippen LogP contribution in [0.3, 0.4) is 0 Å². The minimum absolute atomic E-state index is 0.706. The Hall–Kier alpha value is -2.79. The third-order valence-corrected chi connectivity index (χ3v) is 4.31. The molecule has 2 aromatic heterocycles. The fraction of sp³-hybridized carbons (Fsp3) is 0. The lowest BCUT2D eigenvalue weighted by Gasteiger charge is -1.98. The number of H-pyrrole nitrogens is 1. The first-order valence-corrected chi connectivity index (χ1v) is 7.83. The van der Waals surface area contributed by atoms with E-state index in [1.54, 1.807) is 16.1 Å². The zero-order chi connectivity index (χ0) is 14.8. The van der Waals surface area contributed by atoms with E-state index in [9.17, 15) is 0 Å². The molecular weight excluding hydrogens is 292 g/mol. The second-order valence-electron chi connectivity index (χ2n) is 4.81. The van der Waals surface area contributed by atoms with Crippen molar-refractivity contribution in [1.82, 2.24) is 15.4 Å². The van der Waals surface area contributed by atoms with E-state index in [0.717, 1.165) is 16.1 Å². The highest BCUT2D eigenvalue weighted by atomic mass is 32.1. The summed E-state index contributed by atoms with van der Waals surface area (Å²) in [4.78, 5) is 2.75. The highest BCUT2D eigenvalue weighted by Gasteiger charge is 2.20. The molecule has 0 saturated heterocycles. The molecule has 0 saturated carbocycles. The number of rotatable bonds is 3. The molecular formula is C17H13N4S+. The maximum Gasteiger partial charge on any atom is 0.349 e. The van der Waals surface area contributed by atoms with E-state index < -0.39 is 0 Å². The second kappa shape index (κ2) is 5.54. The third-order valence-electron chi connectivity index (χ3n) is 3.40. The number of aromatic amines is 1. The lowest BCUT2D eigenvalue weighted by Crippen LogP contribution is -2.35. The van der Waals surface area contributed by atoms with Gasteiger partial charge in [-0.15, -0.1) is 11.3 Å². The Labute approximate surface area is 131 Å². The number of hydrogen-bond donors (Lipinski definition) is 1. The van der Waals surface area contributed by atoms with E-state index in [0.29, 0.717) is 5.82 Å². The quantitative estimate of drug-likeness (QED) is 0.589. The van der Waals surface area contributed by atoms with Gasteiger partial charge in [0.1, 0.15) is 4.88 Å². The van der Waals surface area contributed by atoms with Gasteiger partial charge in [-0.2, -0.15) is 0 Å². The van der Waals surface area contributed by atoms with Crippen molar-refractivity contribution in [2.45, 2.75) is 0 Å². The van der Waals surface area contributed by atoms with Crippen LogP contribution >= 0.6 is 11.3 Å². The van der Waals surface area contributed by atoms with Crippen LogP contribution in [-0.4, -0.2) is 15.4 Å². The van der Waals surface area contributed by atoms with E-state index in [1.165, 1.54) is 5.56 Å². The molecule has 22 heavy (non-hydrogen) atoms. The Morgan fingerprint density at radius 3 is 2.36 bits per heavy atom. The van der Waals surface area contributed by atoms with Gasteiger partial charge in [0.05, 0.1) is 5.10 Å². The van der Waals surface area contributed by atoms with Crippen molar-refractivity contribution in [3.63, 3.8) is 0 Å². The Bertz CT molecular complexity index is 881. The van der Waals surface area contributed by atoms with Gasteiger partial charge in [-0.1, -0.05) is 48.5 Å². The molecule has 0 bridgehead atoms. The van der Waals surface area contributed by atoms with Gasteiger partial charge < -0.3 is 0 Å². The number of hydrogen-bond acceptors (Lipinski definition) is 3. The normalized spacial score (nSPS) is 10.7. The molecule has 0 amide bonds. The SMILES string of the molecule is c1ccc(-c2ccsc2-c2n[nH][n+](-c3ccccc3)n2)cc1. The molecule has 0 aliphatic rings. The van der Waals surface area contributed by atoms with Gasteiger partial charge in [-0.3, -0.25) is 0 Å². The molecule has 106 valence electrons. The maximum absolute atomic E-state index is 4.57. The largest absolute Gasteiger partial charge is 0.349 e. The van der Waals surface area contributed by atoms with Crippen LogP contribution in [0.5, 0.6) is 0 Å². The minimum Gasteiger partial charge on any atom is -0.137 e. The number of nitrogens with zero attached hydrogens (tertiary/aromatic N) is 3. The first-order valence-electron chi connectivity index (χ1n) is 6.95. The molecule has 5 heteroatoms. The lowest BCUT2D eigenvalue weighted by atomic mass is 10.1. The molecule has 2 aromatic carbocycles. The number of aromatic nitrogens is 4. The van der Waals surface area contributed by atoms with Crippen molar-refractivity contribution in [1.29, 1.82) is 0 Å². The average Bonchev–Trinajstić information content (AvgIpc) is 3.25. The Morgan fingerprint density at radius 1 is 0.864 bits per heavy atom. The van der Waals surface area contributed by atoms with Crippen LogP contribution in [0.1, 0.15) is 0 Å². The number of benzene rings is 2. The second-order valence-corrected chi connectivity index (χ2v) is 5.73. The maximum atomic E-state index is 4.57. The number of nitrogens with one attached hydrogen (secondary N) is 1. The summed E-state index contributed by atoms with van der Waals surface area (Å²) in [5, 5.41) is 13.9. The Balaban J connectivity index is 1.76. The molecule has 0 atom stereocenters. The van der Waals surface area contributed by atoms with Crippen molar-refractivity contribution >= 4 is 11.3 Å². The predicted octanol–water partition coefficient (Wildman–Crippen LogP) is 3.48. The van der Waals surface area contributed by atoms with E-state index in [2.05, 4.69) is 39.0 Å². The standard InChI is InChI=1S/C17H12N4S/c1-3-7-13(8-4-1)15-11-12-22-16(15)17-18-20-21(19-17)14-9-5-2-6-10-14/h1-12H/p+1. The third kappa shape index (κ3) is 2.31. The number of tetrazole rings is 1. The summed E-state index contributed by atoms with van der Waals surface area (Å²) in [5.41, 5.74) is 3.29. The fourth-order valence-electron chi connectivity index (χ4n) is 2.34. The molecule has 0 aliphatic heterocycles. The topological polar surface area (TPSA) is 45.5 Å². The molecule has 1 N–H and O–H groups in total. The average molecular weight is 305 g/mol. The van der Waals surface area contributed by atoms with Crippen LogP contribution in [0.25, 0.3) is 27.5 Å². The Morgan fingerprint density at radius 2 is 1.59 bits per heavy atom. The number of para-hydroxylation sites is 1. The number of thiophene rings is 1. The van der Waals surface area contributed by atoms with Crippen molar-refractivity contribution < 1.29 is 4.80 Å². The van der Waals surface area contributed by atoms with Gasteiger partial charge in [0.15, 0.2) is 5.69 Å². The van der Waals surface area contributed by atoms with Crippen molar-refractivity contribution in [3.8, 4) is 27.5 Å². The van der Waals surface area contributed by atoms with E-state index in [-0.39, 0.29) is 0 Å². The summed E-state index contributed by atoms with van der Waals surface area (Å²) in [6.07, 6.45) is 0. The van der Waals surface area contributed by atoms with Crippen LogP contribution in [0.2, 0.25) is 0 Å². The van der Waals surface area contributed by atoms with Gasteiger partial charge in [-0.25, -0.2) is 0 Å². The zero-order valence-corrected chi connectivity index (χ0v) is 12.5. The molecule has 4 aromatic rings. The minimum atomic E-state index is 0.706. The van der Waals surface area contributed by atoms with Crippen molar-refractivity contribution in [2.24, 2.45) is 0 Å². The summed E-state index contributed by atoms with van der Waals surface area (Å²) in [6.45, 7) is 0. The van der Waals surface area contributed by atoms with Gasteiger partial charge in [-0.05, 0) is 44.3 Å². The van der Waals surface area contributed by atoms with E-state index in [4.69, 9.17) is 0 Å². The van der Waals surface area contributed by atoms with Gasteiger partial charge in [0.2, 0.25) is 0 Å². The summed E-state index contributed by atoms with van der Waals surface area (Å²) >= 11 is 1.65. The predicted molar refractivity (Wildman–Crippen MR) is 86.7 cm³/mol. The van der Waals surface area contributed by atoms with Crippen molar-refractivity contribution in [2.75, 3.05) is 0 Å². The lowest BCUT2D eigenvalue weighted by molar-refractivity contribution is -0.716. The zero-order valence-electron chi connectivity index (χ0n) is 11.7. The molecule has 4 nitrogen and oxygen atoms in total. The molecule has 0 aliphatic carbocycles. The van der Waals surface area contributed by atoms with Gasteiger partial charge >= 0.3 is 5.82 Å². The van der Waals surface area contributed by atoms with Crippen LogP contribution in [0.4, 0.5) is 0 Å². The molecule has 4 rings (SSSR count). The first-order chi connectivity index (χ1) is 10.9. The van der Waals surface area contributed by atoms with Crippen molar-refractivity contribution in [3.05, 3.63) is 72.1 Å². The van der Waals surface area contributed by atoms with Gasteiger partial charge in [0.25, 0.3) is 0 Å². The van der Waals surface area contributed by atoms with Gasteiger partial charge in [0, 0.05) is 5.56 Å². The summed E-state index contributed by atoms with van der Waals surface area (Å²) in [7, 11) is 0. The van der Waals surface area contributed by atoms with Crippen LogP contribution < -0.4 is 4.80 Å². The summed E-state index contributed by atoms with van der Waals surface area (Å²) in [6, 6.07) is 22.3. The smallest absolute Gasteiger partial charge is 0.137 e. The molecule has 0 radical (unpaired) electrons. The first kappa shape index (κ1) is 12.9. The molecule has 2 heterocycles. The highest BCUT2D eigenvalue weighted by molar-refractivity contribution is 7.14. The highest BCUT2D eigenvalue weighted by Crippen LogP contribution is 2.34. The fourth-order valence-corrected chi connectivity index (χ4v) is 3.19.